The third-order valence-corrected chi connectivity index (χ3v) is 10.2. The molecule has 1 heterocycles. The Balaban J connectivity index is 1.45. The van der Waals surface area contributed by atoms with E-state index in [0.717, 1.165) is 12.8 Å². The van der Waals surface area contributed by atoms with E-state index < -0.39 is 0 Å². The number of benzene rings is 6. The molecular weight excluding hydrogens is 567 g/mol. The number of rotatable bonds is 9. The summed E-state index contributed by atoms with van der Waals surface area (Å²) in [5.74, 6) is 0. The molecule has 0 spiro atoms. The zero-order valence-electron chi connectivity index (χ0n) is 27.9. The summed E-state index contributed by atoms with van der Waals surface area (Å²) in [6.07, 6.45) is 6.56. The first-order valence-corrected chi connectivity index (χ1v) is 17.0. The van der Waals surface area contributed by atoms with E-state index >= 15 is 0 Å². The van der Waals surface area contributed by atoms with Crippen molar-refractivity contribution in [1.82, 2.24) is 4.90 Å². The summed E-state index contributed by atoms with van der Waals surface area (Å²) in [6, 6.07) is 53.9. The minimum atomic E-state index is -0.0358. The molecule has 0 aliphatic carbocycles. The highest BCUT2D eigenvalue weighted by atomic mass is 15.4. The Morgan fingerprint density at radius 2 is 1.13 bits per heavy atom. The van der Waals surface area contributed by atoms with Crippen molar-refractivity contribution in [2.45, 2.75) is 45.2 Å². The molecule has 6 aromatic carbocycles. The highest BCUT2D eigenvalue weighted by Gasteiger charge is 2.58. The topological polar surface area (TPSA) is 3.01 Å². The van der Waals surface area contributed by atoms with Crippen LogP contribution in [-0.2, 0) is 12.0 Å². The van der Waals surface area contributed by atoms with Crippen LogP contribution in [0.3, 0.4) is 0 Å². The van der Waals surface area contributed by atoms with Crippen molar-refractivity contribution in [3.05, 3.63) is 174 Å². The molecule has 0 bridgehead atoms. The van der Waals surface area contributed by atoms with Crippen LogP contribution in [0.15, 0.2) is 152 Å². The molecule has 0 N–H and O–H groups in total. The molecule has 3 unspecified atom stereocenters. The van der Waals surface area contributed by atoms with Crippen LogP contribution < -0.4 is 0 Å². The number of allylic oxidation sites excluding steroid dienone is 1. The zero-order chi connectivity index (χ0) is 32.4. The first-order valence-electron chi connectivity index (χ1n) is 17.0. The standard InChI is InChI=1S/C46H43N/c1-5-7-19-33-22-18-29-39(37(33)6-2)44-32-35(45-46(3,47(45)4)36-23-12-9-13-24-36)30-31-43(44)42-28-17-16-27-41(42)40-26-15-14-25-38(40)34-20-10-8-11-21-34/h7-32,45H,5-6H2,1-4H3/b19-7-. The smallest absolute Gasteiger partial charge is 0.0634 e. The first kappa shape index (κ1) is 30.7. The lowest BCUT2D eigenvalue weighted by Crippen LogP contribution is -2.08. The number of likely N-dealkylation sites (N-methyl/N-ethyl adjacent to an activating group) is 1. The van der Waals surface area contributed by atoms with Gasteiger partial charge in [-0.05, 0) is 99.6 Å². The maximum absolute atomic E-state index is 2.51. The molecule has 6 aromatic rings. The number of hydrogen-bond donors (Lipinski definition) is 0. The SMILES string of the molecule is CC/C=C\c1cccc(-c2cc(C3N(C)C3(C)c3ccccc3)ccc2-c2ccccc2-c2ccccc2-c2ccccc2)c1CC. The minimum absolute atomic E-state index is 0.0358. The molecule has 1 saturated heterocycles. The van der Waals surface area contributed by atoms with Crippen LogP contribution in [0.1, 0.15) is 55.5 Å². The Morgan fingerprint density at radius 3 is 1.77 bits per heavy atom. The Hall–Kier alpha value is -4.98. The molecule has 0 radical (unpaired) electrons. The predicted molar refractivity (Wildman–Crippen MR) is 201 cm³/mol. The van der Waals surface area contributed by atoms with E-state index in [0.29, 0.717) is 6.04 Å². The molecule has 3 atom stereocenters. The lowest BCUT2D eigenvalue weighted by molar-refractivity contribution is 0.510. The number of nitrogens with zero attached hydrogens (tertiary/aromatic N) is 1. The van der Waals surface area contributed by atoms with E-state index in [1.54, 1.807) is 0 Å². The van der Waals surface area contributed by atoms with Crippen LogP contribution in [0.5, 0.6) is 0 Å². The average Bonchev–Trinajstić information content (AvgIpc) is 3.71. The van der Waals surface area contributed by atoms with E-state index in [9.17, 15) is 0 Å². The molecule has 1 aliphatic heterocycles. The molecule has 0 aromatic heterocycles. The molecule has 1 aliphatic rings. The quantitative estimate of drug-likeness (QED) is 0.147. The second-order valence-electron chi connectivity index (χ2n) is 12.8. The van der Waals surface area contributed by atoms with Crippen molar-refractivity contribution in [2.24, 2.45) is 0 Å². The van der Waals surface area contributed by atoms with Crippen LogP contribution in [-0.4, -0.2) is 11.9 Å². The van der Waals surface area contributed by atoms with Gasteiger partial charge in [0.2, 0.25) is 0 Å². The second kappa shape index (κ2) is 13.0. The van der Waals surface area contributed by atoms with Crippen molar-refractivity contribution in [1.29, 1.82) is 0 Å². The molecular formula is C46H43N. The fourth-order valence-corrected chi connectivity index (χ4v) is 7.61. The van der Waals surface area contributed by atoms with Gasteiger partial charge in [0.05, 0.1) is 11.6 Å². The van der Waals surface area contributed by atoms with Crippen molar-refractivity contribution >= 4 is 6.08 Å². The summed E-state index contributed by atoms with van der Waals surface area (Å²) in [6.45, 7) is 6.87. The molecule has 1 fully saturated rings. The maximum atomic E-state index is 2.51. The van der Waals surface area contributed by atoms with Gasteiger partial charge in [-0.1, -0.05) is 166 Å². The highest BCUT2D eigenvalue weighted by Crippen LogP contribution is 2.59. The van der Waals surface area contributed by atoms with Gasteiger partial charge in [-0.3, -0.25) is 4.90 Å². The van der Waals surface area contributed by atoms with E-state index in [1.165, 1.54) is 66.8 Å². The molecule has 0 saturated carbocycles. The Morgan fingerprint density at radius 1 is 0.574 bits per heavy atom. The van der Waals surface area contributed by atoms with Crippen molar-refractivity contribution in [2.75, 3.05) is 7.05 Å². The van der Waals surface area contributed by atoms with Crippen LogP contribution in [0.25, 0.3) is 50.6 Å². The van der Waals surface area contributed by atoms with Gasteiger partial charge < -0.3 is 0 Å². The Kier molecular flexibility index (Phi) is 8.50. The summed E-state index contributed by atoms with van der Waals surface area (Å²) in [5.41, 5.74) is 15.5. The van der Waals surface area contributed by atoms with Crippen molar-refractivity contribution in [3.8, 4) is 44.5 Å². The summed E-state index contributed by atoms with van der Waals surface area (Å²) < 4.78 is 0. The number of hydrogen-bond acceptors (Lipinski definition) is 1. The van der Waals surface area contributed by atoms with Gasteiger partial charge in [-0.25, -0.2) is 0 Å². The summed E-state index contributed by atoms with van der Waals surface area (Å²) in [5, 5.41) is 0. The Labute approximate surface area is 280 Å². The molecule has 1 heteroatoms. The van der Waals surface area contributed by atoms with Crippen LogP contribution >= 0.6 is 0 Å². The molecule has 0 amide bonds. The maximum Gasteiger partial charge on any atom is 0.0634 e. The zero-order valence-corrected chi connectivity index (χ0v) is 27.9. The van der Waals surface area contributed by atoms with E-state index in [-0.39, 0.29) is 5.54 Å². The third-order valence-electron chi connectivity index (χ3n) is 10.2. The van der Waals surface area contributed by atoms with Crippen LogP contribution in [0.2, 0.25) is 0 Å². The van der Waals surface area contributed by atoms with Gasteiger partial charge >= 0.3 is 0 Å². The lowest BCUT2D eigenvalue weighted by atomic mass is 9.83. The predicted octanol–water partition coefficient (Wildman–Crippen LogP) is 12.2. The molecule has 232 valence electrons. The third kappa shape index (κ3) is 5.56. The van der Waals surface area contributed by atoms with Crippen molar-refractivity contribution < 1.29 is 0 Å². The largest absolute Gasteiger partial charge is 0.286 e. The van der Waals surface area contributed by atoms with Gasteiger partial charge in [-0.15, -0.1) is 0 Å². The molecule has 7 rings (SSSR count). The van der Waals surface area contributed by atoms with E-state index in [4.69, 9.17) is 0 Å². The minimum Gasteiger partial charge on any atom is -0.286 e. The lowest BCUT2D eigenvalue weighted by Gasteiger charge is -2.20. The highest BCUT2D eigenvalue weighted by molar-refractivity contribution is 5.96. The van der Waals surface area contributed by atoms with Gasteiger partial charge in [-0.2, -0.15) is 0 Å². The van der Waals surface area contributed by atoms with E-state index in [2.05, 4.69) is 190 Å². The summed E-state index contributed by atoms with van der Waals surface area (Å²) >= 11 is 0. The van der Waals surface area contributed by atoms with E-state index in [1.807, 2.05) is 0 Å². The first-order chi connectivity index (χ1) is 23.1. The molecule has 1 nitrogen and oxygen atoms in total. The fourth-order valence-electron chi connectivity index (χ4n) is 7.61. The average molecular weight is 610 g/mol. The van der Waals surface area contributed by atoms with Gasteiger partial charge in [0, 0.05) is 0 Å². The monoisotopic (exact) mass is 609 g/mol. The van der Waals surface area contributed by atoms with Crippen LogP contribution in [0, 0.1) is 0 Å². The van der Waals surface area contributed by atoms with Crippen molar-refractivity contribution in [3.63, 3.8) is 0 Å². The van der Waals surface area contributed by atoms with Gasteiger partial charge in [0.25, 0.3) is 0 Å². The second-order valence-corrected chi connectivity index (χ2v) is 12.8. The summed E-state index contributed by atoms with van der Waals surface area (Å²) in [7, 11) is 2.26. The Bertz CT molecular complexity index is 2040. The van der Waals surface area contributed by atoms with Gasteiger partial charge in [0.15, 0.2) is 0 Å². The molecule has 47 heavy (non-hydrogen) atoms. The fraction of sp³-hybridized carbons (Fsp3) is 0.174. The normalized spacial score (nSPS) is 18.8. The van der Waals surface area contributed by atoms with Crippen LogP contribution in [0.4, 0.5) is 0 Å². The summed E-state index contributed by atoms with van der Waals surface area (Å²) in [4.78, 5) is 2.51. The van der Waals surface area contributed by atoms with Gasteiger partial charge in [0.1, 0.15) is 0 Å².